The third-order valence-corrected chi connectivity index (χ3v) is 5.47. The van der Waals surface area contributed by atoms with Crippen molar-refractivity contribution in [2.24, 2.45) is 0 Å². The van der Waals surface area contributed by atoms with E-state index in [1.807, 2.05) is 29.2 Å². The molecule has 2 heterocycles. The SMILES string of the molecule is CC(C)(C)c1ccc(C(=O)NCCC(=O)N2CCCCC2C2OCCO2)cc1. The van der Waals surface area contributed by atoms with Crippen LogP contribution in [0.2, 0.25) is 0 Å². The maximum atomic E-state index is 12.7. The van der Waals surface area contributed by atoms with E-state index in [0.717, 1.165) is 25.8 Å². The number of nitrogens with zero attached hydrogens (tertiary/aromatic N) is 1. The lowest BCUT2D eigenvalue weighted by molar-refractivity contribution is -0.150. The molecule has 3 rings (SSSR count). The lowest BCUT2D eigenvalue weighted by Crippen LogP contribution is -2.50. The summed E-state index contributed by atoms with van der Waals surface area (Å²) in [6, 6.07) is 7.64. The van der Waals surface area contributed by atoms with Gasteiger partial charge in [0.2, 0.25) is 5.91 Å². The molecule has 2 saturated heterocycles. The fourth-order valence-electron chi connectivity index (χ4n) is 3.80. The molecular formula is C22H32N2O4. The maximum Gasteiger partial charge on any atom is 0.251 e. The van der Waals surface area contributed by atoms with Crippen molar-refractivity contribution < 1.29 is 19.1 Å². The topological polar surface area (TPSA) is 67.9 Å². The van der Waals surface area contributed by atoms with E-state index in [9.17, 15) is 9.59 Å². The van der Waals surface area contributed by atoms with E-state index in [1.165, 1.54) is 5.56 Å². The van der Waals surface area contributed by atoms with Crippen LogP contribution in [0.5, 0.6) is 0 Å². The number of hydrogen-bond acceptors (Lipinski definition) is 4. The first-order valence-electron chi connectivity index (χ1n) is 10.3. The van der Waals surface area contributed by atoms with Crippen LogP contribution in [0.1, 0.15) is 62.4 Å². The number of rotatable bonds is 5. The normalized spacial score (nSPS) is 21.0. The Labute approximate surface area is 167 Å². The van der Waals surface area contributed by atoms with Crippen molar-refractivity contribution in [2.75, 3.05) is 26.3 Å². The van der Waals surface area contributed by atoms with Crippen LogP contribution in [0, 0.1) is 0 Å². The quantitative estimate of drug-likeness (QED) is 0.842. The summed E-state index contributed by atoms with van der Waals surface area (Å²) in [5, 5.41) is 2.86. The first-order valence-corrected chi connectivity index (χ1v) is 10.3. The van der Waals surface area contributed by atoms with E-state index in [1.54, 1.807) is 0 Å². The summed E-state index contributed by atoms with van der Waals surface area (Å²) in [6.45, 7) is 8.67. The molecule has 1 unspecified atom stereocenters. The van der Waals surface area contributed by atoms with E-state index in [-0.39, 0.29) is 36.0 Å². The first-order chi connectivity index (χ1) is 13.4. The van der Waals surface area contributed by atoms with Gasteiger partial charge in [0.15, 0.2) is 6.29 Å². The standard InChI is InChI=1S/C22H32N2O4/c1-22(2,3)17-9-7-16(8-10-17)20(26)23-12-11-19(25)24-13-5-4-6-18(24)21-27-14-15-28-21/h7-10,18,21H,4-6,11-15H2,1-3H3,(H,23,26). The highest BCUT2D eigenvalue weighted by Crippen LogP contribution is 2.25. The number of carbonyl (C=O) groups is 2. The number of benzene rings is 1. The minimum atomic E-state index is -0.305. The molecule has 1 aromatic rings. The van der Waals surface area contributed by atoms with Gasteiger partial charge in [-0.05, 0) is 42.4 Å². The minimum absolute atomic E-state index is 0.00982. The van der Waals surface area contributed by atoms with Gasteiger partial charge in [-0.2, -0.15) is 0 Å². The van der Waals surface area contributed by atoms with Gasteiger partial charge in [0.1, 0.15) is 0 Å². The van der Waals surface area contributed by atoms with Crippen LogP contribution in [0.3, 0.4) is 0 Å². The summed E-state index contributed by atoms with van der Waals surface area (Å²) in [5.74, 6) is -0.0990. The average molecular weight is 389 g/mol. The molecule has 0 saturated carbocycles. The highest BCUT2D eigenvalue weighted by atomic mass is 16.7. The Kier molecular flexibility index (Phi) is 6.73. The zero-order valence-corrected chi connectivity index (χ0v) is 17.2. The summed E-state index contributed by atoms with van der Waals surface area (Å²) in [7, 11) is 0. The molecule has 6 heteroatoms. The van der Waals surface area contributed by atoms with Crippen molar-refractivity contribution in [3.05, 3.63) is 35.4 Å². The predicted molar refractivity (Wildman–Crippen MR) is 107 cm³/mol. The average Bonchev–Trinajstić information content (AvgIpc) is 3.22. The summed E-state index contributed by atoms with van der Waals surface area (Å²) in [6.07, 6.45) is 2.97. The smallest absolute Gasteiger partial charge is 0.251 e. The van der Waals surface area contributed by atoms with Crippen LogP contribution in [-0.2, 0) is 19.7 Å². The van der Waals surface area contributed by atoms with Crippen LogP contribution >= 0.6 is 0 Å². The monoisotopic (exact) mass is 388 g/mol. The molecule has 2 aliphatic heterocycles. The van der Waals surface area contributed by atoms with Gasteiger partial charge in [0, 0.05) is 25.1 Å². The lowest BCUT2D eigenvalue weighted by Gasteiger charge is -2.38. The molecule has 0 aliphatic carbocycles. The second kappa shape index (κ2) is 9.05. The fourth-order valence-corrected chi connectivity index (χ4v) is 3.80. The molecule has 0 bridgehead atoms. The van der Waals surface area contributed by atoms with Crippen molar-refractivity contribution in [1.82, 2.24) is 10.2 Å². The molecule has 2 aliphatic rings. The molecule has 0 aromatic heterocycles. The lowest BCUT2D eigenvalue weighted by atomic mass is 9.87. The number of likely N-dealkylation sites (tertiary alicyclic amines) is 1. The van der Waals surface area contributed by atoms with E-state index in [0.29, 0.717) is 25.3 Å². The summed E-state index contributed by atoms with van der Waals surface area (Å²) >= 11 is 0. The Morgan fingerprint density at radius 3 is 2.43 bits per heavy atom. The summed E-state index contributed by atoms with van der Waals surface area (Å²) < 4.78 is 11.2. The van der Waals surface area contributed by atoms with Gasteiger partial charge in [-0.3, -0.25) is 9.59 Å². The first kappa shape index (κ1) is 20.8. The Balaban J connectivity index is 1.49. The molecule has 154 valence electrons. The van der Waals surface area contributed by atoms with Crippen LogP contribution in [0.25, 0.3) is 0 Å². The van der Waals surface area contributed by atoms with Gasteiger partial charge < -0.3 is 19.7 Å². The second-order valence-corrected chi connectivity index (χ2v) is 8.59. The van der Waals surface area contributed by atoms with Crippen molar-refractivity contribution in [1.29, 1.82) is 0 Å². The molecule has 1 N–H and O–H groups in total. The number of piperidine rings is 1. The van der Waals surface area contributed by atoms with Crippen LogP contribution in [-0.4, -0.2) is 55.3 Å². The van der Waals surface area contributed by atoms with E-state index in [2.05, 4.69) is 26.1 Å². The zero-order chi connectivity index (χ0) is 20.1. The van der Waals surface area contributed by atoms with Gasteiger partial charge in [0.05, 0.1) is 19.3 Å². The van der Waals surface area contributed by atoms with Crippen LogP contribution < -0.4 is 5.32 Å². The molecule has 1 atom stereocenters. The Morgan fingerprint density at radius 1 is 1.11 bits per heavy atom. The van der Waals surface area contributed by atoms with Crippen molar-refractivity contribution in [3.63, 3.8) is 0 Å². The number of carbonyl (C=O) groups excluding carboxylic acids is 2. The molecule has 1 aromatic carbocycles. The molecule has 28 heavy (non-hydrogen) atoms. The maximum absolute atomic E-state index is 12.7. The Hall–Kier alpha value is -1.92. The largest absolute Gasteiger partial charge is 0.352 e. The molecule has 2 fully saturated rings. The highest BCUT2D eigenvalue weighted by molar-refractivity contribution is 5.94. The fraction of sp³-hybridized carbons (Fsp3) is 0.636. The van der Waals surface area contributed by atoms with Gasteiger partial charge in [0.25, 0.3) is 5.91 Å². The van der Waals surface area contributed by atoms with Crippen molar-refractivity contribution in [3.8, 4) is 0 Å². The van der Waals surface area contributed by atoms with Crippen molar-refractivity contribution >= 4 is 11.8 Å². The van der Waals surface area contributed by atoms with Gasteiger partial charge in [-0.15, -0.1) is 0 Å². The third kappa shape index (κ3) is 5.11. The van der Waals surface area contributed by atoms with Gasteiger partial charge >= 0.3 is 0 Å². The van der Waals surface area contributed by atoms with E-state index in [4.69, 9.17) is 9.47 Å². The summed E-state index contributed by atoms with van der Waals surface area (Å²) in [4.78, 5) is 26.9. The van der Waals surface area contributed by atoms with E-state index < -0.39 is 0 Å². The van der Waals surface area contributed by atoms with Crippen LogP contribution in [0.15, 0.2) is 24.3 Å². The Morgan fingerprint density at radius 2 is 1.79 bits per heavy atom. The molecule has 0 radical (unpaired) electrons. The van der Waals surface area contributed by atoms with E-state index >= 15 is 0 Å². The third-order valence-electron chi connectivity index (χ3n) is 5.47. The predicted octanol–water partition coefficient (Wildman–Crippen LogP) is 2.86. The van der Waals surface area contributed by atoms with Crippen LogP contribution in [0.4, 0.5) is 0 Å². The van der Waals surface area contributed by atoms with Crippen molar-refractivity contribution in [2.45, 2.75) is 64.2 Å². The van der Waals surface area contributed by atoms with Gasteiger partial charge in [-0.1, -0.05) is 32.9 Å². The Bertz CT molecular complexity index is 675. The zero-order valence-electron chi connectivity index (χ0n) is 17.2. The highest BCUT2D eigenvalue weighted by Gasteiger charge is 2.35. The van der Waals surface area contributed by atoms with Gasteiger partial charge in [-0.25, -0.2) is 0 Å². The molecule has 0 spiro atoms. The number of ether oxygens (including phenoxy) is 2. The number of nitrogens with one attached hydrogen (secondary N) is 1. The number of amides is 2. The molecule has 2 amide bonds. The molecule has 6 nitrogen and oxygen atoms in total. The summed E-state index contributed by atoms with van der Waals surface area (Å²) in [5.41, 5.74) is 1.86. The number of hydrogen-bond donors (Lipinski definition) is 1. The minimum Gasteiger partial charge on any atom is -0.352 e. The second-order valence-electron chi connectivity index (χ2n) is 8.59. The molecular weight excluding hydrogens is 356 g/mol.